The van der Waals surface area contributed by atoms with Crippen LogP contribution in [0.25, 0.3) is 16.8 Å². The molecule has 0 unspecified atom stereocenters. The highest BCUT2D eigenvalue weighted by Crippen LogP contribution is 2.33. The summed E-state index contributed by atoms with van der Waals surface area (Å²) >= 11 is 6.46. The van der Waals surface area contributed by atoms with Gasteiger partial charge in [-0.05, 0) is 37.3 Å². The number of nitrogens with one attached hydrogen (secondary N) is 1. The Hall–Kier alpha value is -3.05. The van der Waals surface area contributed by atoms with Gasteiger partial charge >= 0.3 is 0 Å². The van der Waals surface area contributed by atoms with Crippen LogP contribution in [0.3, 0.4) is 0 Å². The van der Waals surface area contributed by atoms with Crippen molar-refractivity contribution >= 4 is 28.8 Å². The zero-order valence-electron chi connectivity index (χ0n) is 17.6. The predicted octanol–water partition coefficient (Wildman–Crippen LogP) is 6.49. The van der Waals surface area contributed by atoms with E-state index in [1.54, 1.807) is 0 Å². The molecule has 0 aliphatic rings. The van der Waals surface area contributed by atoms with Crippen LogP contribution >= 0.6 is 11.6 Å². The van der Waals surface area contributed by atoms with Crippen LogP contribution in [-0.2, 0) is 5.41 Å². The van der Waals surface area contributed by atoms with Crippen LogP contribution in [0.1, 0.15) is 33.4 Å². The monoisotopic (exact) mass is 420 g/mol. The fourth-order valence-corrected chi connectivity index (χ4v) is 3.49. The third-order valence-electron chi connectivity index (χ3n) is 4.84. The van der Waals surface area contributed by atoms with E-state index in [2.05, 4.69) is 31.2 Å². The van der Waals surface area contributed by atoms with E-state index in [-0.39, 0.29) is 5.41 Å². The molecule has 0 saturated carbocycles. The summed E-state index contributed by atoms with van der Waals surface area (Å²) in [5, 5.41) is 8.77. The molecule has 0 radical (unpaired) electrons. The lowest BCUT2D eigenvalue weighted by Gasteiger charge is -2.20. The van der Waals surface area contributed by atoms with Crippen LogP contribution in [0, 0.1) is 0 Å². The van der Waals surface area contributed by atoms with Crippen molar-refractivity contribution in [1.29, 1.82) is 0 Å². The highest BCUT2D eigenvalue weighted by atomic mass is 35.5. The second-order valence-corrected chi connectivity index (χ2v) is 8.54. The Balaban J connectivity index is 1.83. The summed E-state index contributed by atoms with van der Waals surface area (Å²) in [4.78, 5) is 4.95. The van der Waals surface area contributed by atoms with Gasteiger partial charge in [0.1, 0.15) is 11.6 Å². The number of fused-ring (bicyclic) bond motifs is 1. The van der Waals surface area contributed by atoms with Gasteiger partial charge in [-0.2, -0.15) is 9.61 Å². The number of ether oxygens (including phenoxy) is 1. The summed E-state index contributed by atoms with van der Waals surface area (Å²) in [5.74, 6) is 1.69. The fourth-order valence-electron chi connectivity index (χ4n) is 3.25. The minimum absolute atomic E-state index is 0.126. The van der Waals surface area contributed by atoms with E-state index >= 15 is 0 Å². The van der Waals surface area contributed by atoms with E-state index in [0.717, 1.165) is 39.7 Å². The van der Waals surface area contributed by atoms with Crippen molar-refractivity contribution in [1.82, 2.24) is 14.6 Å². The minimum Gasteiger partial charge on any atom is -0.494 e. The number of rotatable bonds is 5. The molecule has 1 N–H and O–H groups in total. The molecule has 0 bridgehead atoms. The molecule has 4 aromatic rings. The zero-order chi connectivity index (χ0) is 21.3. The molecular weight excluding hydrogens is 396 g/mol. The lowest BCUT2D eigenvalue weighted by molar-refractivity contribution is 0.340. The molecule has 6 heteroatoms. The summed E-state index contributed by atoms with van der Waals surface area (Å²) in [6.45, 7) is 9.07. The van der Waals surface area contributed by atoms with Gasteiger partial charge in [0.15, 0.2) is 5.65 Å². The largest absolute Gasteiger partial charge is 0.494 e. The Morgan fingerprint density at radius 1 is 1.03 bits per heavy atom. The van der Waals surface area contributed by atoms with Crippen molar-refractivity contribution in [2.24, 2.45) is 0 Å². The molecule has 154 valence electrons. The van der Waals surface area contributed by atoms with Gasteiger partial charge < -0.3 is 10.1 Å². The van der Waals surface area contributed by atoms with Crippen LogP contribution in [0.5, 0.6) is 5.75 Å². The standard InChI is InChI=1S/C24H25ClN4O/c1-5-30-17-12-10-16(11-13-17)27-22-14-21(24(2,3)4)28-23-19(15-26-29(22)23)18-8-6-7-9-20(18)25/h6-15,27H,5H2,1-4H3. The summed E-state index contributed by atoms with van der Waals surface area (Å²) in [5.41, 5.74) is 4.38. The molecule has 2 heterocycles. The van der Waals surface area contributed by atoms with E-state index in [1.165, 1.54) is 0 Å². The van der Waals surface area contributed by atoms with Crippen molar-refractivity contribution in [3.8, 4) is 16.9 Å². The highest BCUT2D eigenvalue weighted by molar-refractivity contribution is 6.33. The Morgan fingerprint density at radius 2 is 1.77 bits per heavy atom. The maximum absolute atomic E-state index is 6.46. The second-order valence-electron chi connectivity index (χ2n) is 8.13. The van der Waals surface area contributed by atoms with Crippen molar-refractivity contribution in [2.45, 2.75) is 33.1 Å². The third-order valence-corrected chi connectivity index (χ3v) is 5.17. The van der Waals surface area contributed by atoms with Crippen molar-refractivity contribution in [3.05, 3.63) is 71.5 Å². The number of benzene rings is 2. The van der Waals surface area contributed by atoms with E-state index in [1.807, 2.05) is 72.2 Å². The Labute approximate surface area is 181 Å². The number of hydrogen-bond acceptors (Lipinski definition) is 4. The molecule has 0 fully saturated rings. The summed E-state index contributed by atoms with van der Waals surface area (Å²) in [6.07, 6.45) is 1.82. The van der Waals surface area contributed by atoms with E-state index < -0.39 is 0 Å². The third kappa shape index (κ3) is 3.98. The molecule has 2 aromatic carbocycles. The number of nitrogens with zero attached hydrogens (tertiary/aromatic N) is 3. The van der Waals surface area contributed by atoms with Gasteiger partial charge in [-0.15, -0.1) is 0 Å². The van der Waals surface area contributed by atoms with Gasteiger partial charge in [-0.1, -0.05) is 50.6 Å². The first-order valence-electron chi connectivity index (χ1n) is 10.0. The van der Waals surface area contributed by atoms with Crippen molar-refractivity contribution in [3.63, 3.8) is 0 Å². The molecule has 4 rings (SSSR count). The van der Waals surface area contributed by atoms with Gasteiger partial charge in [0, 0.05) is 33.3 Å². The minimum atomic E-state index is -0.126. The number of halogens is 1. The molecule has 30 heavy (non-hydrogen) atoms. The number of anilines is 2. The molecular formula is C24H25ClN4O. The average molecular weight is 421 g/mol. The van der Waals surface area contributed by atoms with Crippen LogP contribution in [0.15, 0.2) is 60.8 Å². The zero-order valence-corrected chi connectivity index (χ0v) is 18.4. The molecule has 0 spiro atoms. The van der Waals surface area contributed by atoms with Crippen LogP contribution in [-0.4, -0.2) is 21.2 Å². The summed E-state index contributed by atoms with van der Waals surface area (Å²) in [6, 6.07) is 17.7. The van der Waals surface area contributed by atoms with Crippen LogP contribution in [0.2, 0.25) is 5.02 Å². The first-order valence-corrected chi connectivity index (χ1v) is 10.4. The quantitative estimate of drug-likeness (QED) is 0.401. The highest BCUT2D eigenvalue weighted by Gasteiger charge is 2.21. The molecule has 0 saturated heterocycles. The van der Waals surface area contributed by atoms with Crippen molar-refractivity contribution < 1.29 is 4.74 Å². The molecule has 0 aliphatic heterocycles. The first-order chi connectivity index (χ1) is 14.4. The first kappa shape index (κ1) is 20.2. The maximum Gasteiger partial charge on any atom is 0.165 e. The van der Waals surface area contributed by atoms with Crippen LogP contribution < -0.4 is 10.1 Å². The number of hydrogen-bond donors (Lipinski definition) is 1. The smallest absolute Gasteiger partial charge is 0.165 e. The fraction of sp³-hybridized carbons (Fsp3) is 0.250. The van der Waals surface area contributed by atoms with E-state index in [9.17, 15) is 0 Å². The second kappa shape index (κ2) is 8.00. The Bertz CT molecular complexity index is 1180. The van der Waals surface area contributed by atoms with Gasteiger partial charge in [0.05, 0.1) is 18.5 Å². The van der Waals surface area contributed by atoms with Crippen molar-refractivity contribution in [2.75, 3.05) is 11.9 Å². The summed E-state index contributed by atoms with van der Waals surface area (Å²) in [7, 11) is 0. The molecule has 2 aromatic heterocycles. The normalized spacial score (nSPS) is 11.6. The summed E-state index contributed by atoms with van der Waals surface area (Å²) < 4.78 is 7.36. The predicted molar refractivity (Wildman–Crippen MR) is 123 cm³/mol. The molecule has 5 nitrogen and oxygen atoms in total. The van der Waals surface area contributed by atoms with E-state index in [0.29, 0.717) is 11.6 Å². The van der Waals surface area contributed by atoms with Gasteiger partial charge in [-0.3, -0.25) is 0 Å². The molecule has 0 aliphatic carbocycles. The van der Waals surface area contributed by atoms with Gasteiger partial charge in [-0.25, -0.2) is 4.98 Å². The van der Waals surface area contributed by atoms with Gasteiger partial charge in [0.25, 0.3) is 0 Å². The Morgan fingerprint density at radius 3 is 2.43 bits per heavy atom. The van der Waals surface area contributed by atoms with Gasteiger partial charge in [0.2, 0.25) is 0 Å². The maximum atomic E-state index is 6.46. The molecule has 0 atom stereocenters. The topological polar surface area (TPSA) is 51.5 Å². The number of aromatic nitrogens is 3. The Kier molecular flexibility index (Phi) is 5.39. The molecule has 0 amide bonds. The van der Waals surface area contributed by atoms with E-state index in [4.69, 9.17) is 21.3 Å². The average Bonchev–Trinajstić information content (AvgIpc) is 3.13. The van der Waals surface area contributed by atoms with Crippen LogP contribution in [0.4, 0.5) is 11.5 Å². The lowest BCUT2D eigenvalue weighted by Crippen LogP contribution is -2.16. The lowest BCUT2D eigenvalue weighted by atomic mass is 9.92. The SMILES string of the molecule is CCOc1ccc(Nc2cc(C(C)(C)C)nc3c(-c4ccccc4Cl)cnn23)cc1.